The third-order valence-electron chi connectivity index (χ3n) is 2.32. The molecule has 0 radical (unpaired) electrons. The van der Waals surface area contributed by atoms with Crippen LogP contribution in [0.3, 0.4) is 0 Å². The molecule has 1 aliphatic rings. The molecule has 0 unspecified atom stereocenters. The van der Waals surface area contributed by atoms with Gasteiger partial charge >= 0.3 is 0 Å². The van der Waals surface area contributed by atoms with E-state index in [2.05, 4.69) is 15.3 Å². The third-order valence-corrected chi connectivity index (χ3v) is 2.32. The second kappa shape index (κ2) is 3.24. The van der Waals surface area contributed by atoms with Crippen LogP contribution < -0.4 is 5.32 Å². The Morgan fingerprint density at radius 2 is 2.29 bits per heavy atom. The lowest BCUT2D eigenvalue weighted by Gasteiger charge is -2.13. The Hall–Kier alpha value is -1.67. The lowest BCUT2D eigenvalue weighted by atomic mass is 10.3. The first kappa shape index (κ1) is 8.91. The topological polar surface area (TPSA) is 81.8 Å². The SMILES string of the molecule is N#Cc1cnc(NC2(CO)CC2)cn1. The Morgan fingerprint density at radius 3 is 2.71 bits per heavy atom. The predicted molar refractivity (Wildman–Crippen MR) is 49.4 cm³/mol. The van der Waals surface area contributed by atoms with Crippen molar-refractivity contribution in [2.75, 3.05) is 11.9 Å². The van der Waals surface area contributed by atoms with Gasteiger partial charge in [0.1, 0.15) is 11.9 Å². The smallest absolute Gasteiger partial charge is 0.158 e. The van der Waals surface area contributed by atoms with Crippen LogP contribution in [0, 0.1) is 11.3 Å². The van der Waals surface area contributed by atoms with E-state index in [1.807, 2.05) is 6.07 Å². The van der Waals surface area contributed by atoms with Crippen LogP contribution in [0.4, 0.5) is 5.82 Å². The van der Waals surface area contributed by atoms with Crippen LogP contribution in [-0.2, 0) is 0 Å². The van der Waals surface area contributed by atoms with E-state index >= 15 is 0 Å². The van der Waals surface area contributed by atoms with Crippen molar-refractivity contribution < 1.29 is 5.11 Å². The van der Waals surface area contributed by atoms with Gasteiger partial charge in [-0.1, -0.05) is 0 Å². The summed E-state index contributed by atoms with van der Waals surface area (Å²) in [6.07, 6.45) is 4.82. The molecule has 0 atom stereocenters. The number of anilines is 1. The summed E-state index contributed by atoms with van der Waals surface area (Å²) in [5.41, 5.74) is 0.104. The normalized spacial score (nSPS) is 17.1. The molecule has 5 nitrogen and oxygen atoms in total. The van der Waals surface area contributed by atoms with Crippen molar-refractivity contribution in [1.29, 1.82) is 5.26 Å². The fourth-order valence-corrected chi connectivity index (χ4v) is 1.20. The first-order chi connectivity index (χ1) is 6.78. The molecule has 0 bridgehead atoms. The van der Waals surface area contributed by atoms with Crippen molar-refractivity contribution in [3.05, 3.63) is 18.1 Å². The molecule has 2 N–H and O–H groups in total. The number of aliphatic hydroxyl groups is 1. The highest BCUT2D eigenvalue weighted by Gasteiger charge is 2.42. The fraction of sp³-hybridized carbons (Fsp3) is 0.444. The summed E-state index contributed by atoms with van der Waals surface area (Å²) < 4.78 is 0. The maximum Gasteiger partial charge on any atom is 0.158 e. The van der Waals surface area contributed by atoms with Gasteiger partial charge in [-0.25, -0.2) is 9.97 Å². The number of aliphatic hydroxyl groups excluding tert-OH is 1. The lowest BCUT2D eigenvalue weighted by Crippen LogP contribution is -2.26. The molecule has 1 fully saturated rings. The Labute approximate surface area is 81.4 Å². The van der Waals surface area contributed by atoms with Gasteiger partial charge in [-0.3, -0.25) is 0 Å². The van der Waals surface area contributed by atoms with E-state index in [0.717, 1.165) is 12.8 Å². The molecule has 0 aromatic carbocycles. The molecule has 0 amide bonds. The molecule has 0 saturated heterocycles. The molecule has 5 heteroatoms. The minimum Gasteiger partial charge on any atom is -0.394 e. The number of rotatable bonds is 3. The zero-order valence-electron chi connectivity index (χ0n) is 7.56. The number of nitrogens with one attached hydrogen (secondary N) is 1. The summed E-state index contributed by atoms with van der Waals surface area (Å²) in [6, 6.07) is 1.90. The van der Waals surface area contributed by atoms with Crippen LogP contribution in [0.1, 0.15) is 18.5 Å². The molecule has 72 valence electrons. The van der Waals surface area contributed by atoms with Crippen molar-refractivity contribution in [3.8, 4) is 6.07 Å². The summed E-state index contributed by atoms with van der Waals surface area (Å²) in [6.45, 7) is 0.106. The molecule has 1 heterocycles. The summed E-state index contributed by atoms with van der Waals surface area (Å²) >= 11 is 0. The van der Waals surface area contributed by atoms with Gasteiger partial charge in [-0.2, -0.15) is 5.26 Å². The quantitative estimate of drug-likeness (QED) is 0.715. The number of nitriles is 1. The minimum absolute atomic E-state index is 0.106. The van der Waals surface area contributed by atoms with Gasteiger partial charge in [0.15, 0.2) is 5.69 Å². The second-order valence-electron chi connectivity index (χ2n) is 3.46. The molecule has 1 aliphatic carbocycles. The fourth-order valence-electron chi connectivity index (χ4n) is 1.20. The molecule has 2 rings (SSSR count). The highest BCUT2D eigenvalue weighted by atomic mass is 16.3. The third kappa shape index (κ3) is 1.65. The average Bonchev–Trinajstić information content (AvgIpc) is 3.00. The number of aromatic nitrogens is 2. The molecule has 1 aromatic heterocycles. The van der Waals surface area contributed by atoms with Crippen LogP contribution in [0.2, 0.25) is 0 Å². The maximum absolute atomic E-state index is 9.06. The Balaban J connectivity index is 2.08. The van der Waals surface area contributed by atoms with Crippen molar-refractivity contribution in [2.45, 2.75) is 18.4 Å². The Morgan fingerprint density at radius 1 is 1.50 bits per heavy atom. The summed E-state index contributed by atoms with van der Waals surface area (Å²) in [5, 5.41) is 20.7. The van der Waals surface area contributed by atoms with Crippen LogP contribution in [-0.4, -0.2) is 27.2 Å². The minimum atomic E-state index is -0.192. The van der Waals surface area contributed by atoms with Crippen LogP contribution in [0.25, 0.3) is 0 Å². The first-order valence-corrected chi connectivity index (χ1v) is 4.39. The molecular weight excluding hydrogens is 180 g/mol. The van der Waals surface area contributed by atoms with Crippen LogP contribution in [0.15, 0.2) is 12.4 Å². The van der Waals surface area contributed by atoms with E-state index in [4.69, 9.17) is 10.4 Å². The van der Waals surface area contributed by atoms with E-state index in [1.54, 1.807) is 0 Å². The van der Waals surface area contributed by atoms with E-state index < -0.39 is 0 Å². The molecular formula is C9H10N4O. The summed E-state index contributed by atoms with van der Waals surface area (Å²) in [4.78, 5) is 7.89. The van der Waals surface area contributed by atoms with Crippen LogP contribution >= 0.6 is 0 Å². The van der Waals surface area contributed by atoms with Gasteiger partial charge in [-0.05, 0) is 12.8 Å². The number of nitrogens with zero attached hydrogens (tertiary/aromatic N) is 3. The average molecular weight is 190 g/mol. The second-order valence-corrected chi connectivity index (χ2v) is 3.46. The molecule has 14 heavy (non-hydrogen) atoms. The van der Waals surface area contributed by atoms with Gasteiger partial charge in [0.2, 0.25) is 0 Å². The molecule has 0 aliphatic heterocycles. The largest absolute Gasteiger partial charge is 0.394 e. The van der Waals surface area contributed by atoms with Gasteiger partial charge in [0, 0.05) is 0 Å². The van der Waals surface area contributed by atoms with Crippen LogP contribution in [0.5, 0.6) is 0 Å². The summed E-state index contributed by atoms with van der Waals surface area (Å²) in [5.74, 6) is 0.607. The van der Waals surface area contributed by atoms with Crippen molar-refractivity contribution in [3.63, 3.8) is 0 Å². The van der Waals surface area contributed by atoms with Crippen molar-refractivity contribution in [1.82, 2.24) is 9.97 Å². The molecule has 1 aromatic rings. The highest BCUT2D eigenvalue weighted by Crippen LogP contribution is 2.37. The standard InChI is InChI=1S/C9H10N4O/c10-3-7-4-12-8(5-11-7)13-9(6-14)1-2-9/h4-5,14H,1-2,6H2,(H,12,13). The number of hydrogen-bond donors (Lipinski definition) is 2. The maximum atomic E-state index is 9.06. The van der Waals surface area contributed by atoms with Crippen molar-refractivity contribution >= 4 is 5.82 Å². The first-order valence-electron chi connectivity index (χ1n) is 4.39. The van der Waals surface area contributed by atoms with Gasteiger partial charge in [-0.15, -0.1) is 0 Å². The lowest BCUT2D eigenvalue weighted by molar-refractivity contribution is 0.266. The zero-order valence-corrected chi connectivity index (χ0v) is 7.56. The van der Waals surface area contributed by atoms with Gasteiger partial charge < -0.3 is 10.4 Å². The number of hydrogen-bond acceptors (Lipinski definition) is 5. The van der Waals surface area contributed by atoms with Gasteiger partial charge in [0.05, 0.1) is 24.5 Å². The summed E-state index contributed by atoms with van der Waals surface area (Å²) in [7, 11) is 0. The van der Waals surface area contributed by atoms with Crippen molar-refractivity contribution in [2.24, 2.45) is 0 Å². The monoisotopic (exact) mass is 190 g/mol. The van der Waals surface area contributed by atoms with E-state index in [9.17, 15) is 0 Å². The highest BCUT2D eigenvalue weighted by molar-refractivity contribution is 5.39. The van der Waals surface area contributed by atoms with E-state index in [0.29, 0.717) is 11.5 Å². The molecule has 1 saturated carbocycles. The Kier molecular flexibility index (Phi) is 2.06. The van der Waals surface area contributed by atoms with Gasteiger partial charge in [0.25, 0.3) is 0 Å². The van der Waals surface area contributed by atoms with E-state index in [-0.39, 0.29) is 12.1 Å². The predicted octanol–water partition coefficient (Wildman–Crippen LogP) is 0.285. The molecule has 0 spiro atoms. The Bertz CT molecular complexity index is 363. The zero-order chi connectivity index (χ0) is 10.0. The van der Waals surface area contributed by atoms with E-state index in [1.165, 1.54) is 12.4 Å².